The van der Waals surface area contributed by atoms with Crippen LogP contribution in [0.3, 0.4) is 0 Å². The molecule has 0 saturated carbocycles. The van der Waals surface area contributed by atoms with Gasteiger partial charge in [-0.05, 0) is 40.3 Å². The second kappa shape index (κ2) is 4.34. The highest BCUT2D eigenvalue weighted by atomic mass is 16.2. The summed E-state index contributed by atoms with van der Waals surface area (Å²) in [5.74, 6) is 0.304. The number of hydrogen-bond donors (Lipinski definition) is 1. The lowest BCUT2D eigenvalue weighted by Gasteiger charge is -2.45. The van der Waals surface area contributed by atoms with Crippen molar-refractivity contribution in [2.24, 2.45) is 0 Å². The molecular weight excluding hydrogens is 202 g/mol. The van der Waals surface area contributed by atoms with Crippen LogP contribution in [-0.2, 0) is 4.79 Å². The van der Waals surface area contributed by atoms with Crippen LogP contribution in [0.5, 0.6) is 0 Å². The van der Waals surface area contributed by atoms with Crippen LogP contribution in [-0.4, -0.2) is 60.5 Å². The van der Waals surface area contributed by atoms with E-state index in [9.17, 15) is 4.79 Å². The van der Waals surface area contributed by atoms with Crippen molar-refractivity contribution >= 4 is 5.91 Å². The highest BCUT2D eigenvalue weighted by Crippen LogP contribution is 2.20. The van der Waals surface area contributed by atoms with Gasteiger partial charge in [-0.15, -0.1) is 0 Å². The van der Waals surface area contributed by atoms with Gasteiger partial charge in [0, 0.05) is 25.2 Å². The number of nitrogens with zero attached hydrogens (tertiary/aromatic N) is 2. The Kier molecular flexibility index (Phi) is 3.22. The third-order valence-electron chi connectivity index (χ3n) is 3.99. The molecule has 2 aliphatic rings. The fourth-order valence-corrected chi connectivity index (χ4v) is 2.54. The Hall–Kier alpha value is -0.610. The minimum atomic E-state index is 0.0826. The molecule has 0 aromatic heterocycles. The molecule has 4 heteroatoms. The fraction of sp³-hybridized carbons (Fsp3) is 0.917. The number of rotatable bonds is 1. The zero-order valence-corrected chi connectivity index (χ0v) is 10.6. The van der Waals surface area contributed by atoms with Crippen molar-refractivity contribution < 1.29 is 4.79 Å². The van der Waals surface area contributed by atoms with Crippen LogP contribution in [0.25, 0.3) is 0 Å². The molecule has 0 unspecified atom stereocenters. The van der Waals surface area contributed by atoms with Crippen LogP contribution in [0.1, 0.15) is 26.7 Å². The molecule has 0 aromatic rings. The molecule has 2 heterocycles. The number of hydrogen-bond acceptors (Lipinski definition) is 3. The first kappa shape index (κ1) is 11.9. The summed E-state index contributed by atoms with van der Waals surface area (Å²) in [6, 6.07) is 0.0826. The maximum Gasteiger partial charge on any atom is 0.239 e. The Labute approximate surface area is 98.0 Å². The Morgan fingerprint density at radius 3 is 2.69 bits per heavy atom. The van der Waals surface area contributed by atoms with Crippen molar-refractivity contribution in [3.8, 4) is 0 Å². The quantitative estimate of drug-likeness (QED) is 0.697. The molecule has 2 aliphatic heterocycles. The molecule has 2 rings (SSSR count). The van der Waals surface area contributed by atoms with Gasteiger partial charge in [-0.3, -0.25) is 9.69 Å². The maximum absolute atomic E-state index is 12.2. The van der Waals surface area contributed by atoms with Gasteiger partial charge in [-0.25, -0.2) is 0 Å². The van der Waals surface area contributed by atoms with Crippen LogP contribution in [0.4, 0.5) is 0 Å². The van der Waals surface area contributed by atoms with Gasteiger partial charge in [0.05, 0.1) is 6.04 Å². The molecule has 2 saturated heterocycles. The summed E-state index contributed by atoms with van der Waals surface area (Å²) in [4.78, 5) is 16.6. The summed E-state index contributed by atoms with van der Waals surface area (Å²) in [5.41, 5.74) is 0.104. The smallest absolute Gasteiger partial charge is 0.239 e. The van der Waals surface area contributed by atoms with E-state index >= 15 is 0 Å². The molecule has 0 aromatic carbocycles. The second-order valence-corrected chi connectivity index (χ2v) is 5.64. The Bertz CT molecular complexity index is 271. The average molecular weight is 225 g/mol. The van der Waals surface area contributed by atoms with Crippen molar-refractivity contribution in [1.82, 2.24) is 15.1 Å². The largest absolute Gasteiger partial charge is 0.338 e. The monoisotopic (exact) mass is 225 g/mol. The van der Waals surface area contributed by atoms with Crippen molar-refractivity contribution in [2.45, 2.75) is 38.3 Å². The van der Waals surface area contributed by atoms with E-state index in [1.54, 1.807) is 0 Å². The van der Waals surface area contributed by atoms with E-state index in [1.165, 1.54) is 0 Å². The Balaban J connectivity index is 1.97. The molecule has 92 valence electrons. The van der Waals surface area contributed by atoms with Crippen LogP contribution in [0.15, 0.2) is 0 Å². The molecule has 1 amide bonds. The summed E-state index contributed by atoms with van der Waals surface area (Å²) in [6.45, 7) is 8.10. The molecule has 0 bridgehead atoms. The molecule has 0 aliphatic carbocycles. The van der Waals surface area contributed by atoms with Crippen molar-refractivity contribution in [3.63, 3.8) is 0 Å². The van der Waals surface area contributed by atoms with Crippen molar-refractivity contribution in [1.29, 1.82) is 0 Å². The predicted molar refractivity (Wildman–Crippen MR) is 64.3 cm³/mol. The first-order valence-corrected chi connectivity index (χ1v) is 6.24. The molecule has 1 N–H and O–H groups in total. The van der Waals surface area contributed by atoms with E-state index in [2.05, 4.69) is 31.1 Å². The minimum Gasteiger partial charge on any atom is -0.338 e. The lowest BCUT2D eigenvalue weighted by atomic mass is 9.99. The number of carbonyl (C=O) groups excluding carboxylic acids is 1. The van der Waals surface area contributed by atoms with E-state index < -0.39 is 0 Å². The van der Waals surface area contributed by atoms with Crippen LogP contribution >= 0.6 is 0 Å². The second-order valence-electron chi connectivity index (χ2n) is 5.64. The summed E-state index contributed by atoms with van der Waals surface area (Å²) in [6.07, 6.45) is 2.14. The normalized spacial score (nSPS) is 30.7. The Morgan fingerprint density at radius 2 is 2.12 bits per heavy atom. The van der Waals surface area contributed by atoms with Crippen LogP contribution < -0.4 is 5.32 Å². The summed E-state index contributed by atoms with van der Waals surface area (Å²) < 4.78 is 0. The number of amides is 1. The van der Waals surface area contributed by atoms with Gasteiger partial charge >= 0.3 is 0 Å². The number of likely N-dealkylation sites (N-methyl/N-ethyl adjacent to an activating group) is 1. The third kappa shape index (κ3) is 2.23. The lowest BCUT2D eigenvalue weighted by molar-refractivity contribution is -0.137. The summed E-state index contributed by atoms with van der Waals surface area (Å²) in [5, 5.41) is 3.29. The van der Waals surface area contributed by atoms with E-state index in [0.29, 0.717) is 5.91 Å². The van der Waals surface area contributed by atoms with Gasteiger partial charge in [0.15, 0.2) is 0 Å². The van der Waals surface area contributed by atoms with E-state index in [4.69, 9.17) is 0 Å². The minimum absolute atomic E-state index is 0.0826. The van der Waals surface area contributed by atoms with Gasteiger partial charge < -0.3 is 10.2 Å². The van der Waals surface area contributed by atoms with Gasteiger partial charge in [0.1, 0.15) is 0 Å². The fourth-order valence-electron chi connectivity index (χ4n) is 2.54. The molecule has 0 spiro atoms. The number of piperazine rings is 1. The maximum atomic E-state index is 12.2. The Morgan fingerprint density at radius 1 is 1.38 bits per heavy atom. The van der Waals surface area contributed by atoms with Crippen LogP contribution in [0, 0.1) is 0 Å². The molecule has 4 nitrogen and oxygen atoms in total. The van der Waals surface area contributed by atoms with Gasteiger partial charge in [-0.2, -0.15) is 0 Å². The highest BCUT2D eigenvalue weighted by Gasteiger charge is 2.36. The highest BCUT2D eigenvalue weighted by molar-refractivity contribution is 5.82. The van der Waals surface area contributed by atoms with Crippen molar-refractivity contribution in [3.05, 3.63) is 0 Å². The van der Waals surface area contributed by atoms with E-state index in [1.807, 2.05) is 4.90 Å². The molecule has 0 radical (unpaired) electrons. The van der Waals surface area contributed by atoms with Gasteiger partial charge in [-0.1, -0.05) is 0 Å². The molecular formula is C12H23N3O. The lowest BCUT2D eigenvalue weighted by Crippen LogP contribution is -2.60. The van der Waals surface area contributed by atoms with Crippen molar-refractivity contribution in [2.75, 3.05) is 33.2 Å². The topological polar surface area (TPSA) is 35.6 Å². The van der Waals surface area contributed by atoms with Gasteiger partial charge in [0.25, 0.3) is 0 Å². The first-order valence-electron chi connectivity index (χ1n) is 6.24. The van der Waals surface area contributed by atoms with Crippen LogP contribution in [0.2, 0.25) is 0 Å². The third-order valence-corrected chi connectivity index (χ3v) is 3.99. The molecule has 16 heavy (non-hydrogen) atoms. The average Bonchev–Trinajstić information content (AvgIpc) is 2.74. The summed E-state index contributed by atoms with van der Waals surface area (Å²) >= 11 is 0. The van der Waals surface area contributed by atoms with Gasteiger partial charge in [0.2, 0.25) is 5.91 Å². The molecule has 1 atom stereocenters. The van der Waals surface area contributed by atoms with E-state index in [-0.39, 0.29) is 11.6 Å². The first-order chi connectivity index (χ1) is 7.50. The zero-order chi connectivity index (χ0) is 11.8. The standard InChI is InChI=1S/C12H23N3O/c1-12(2)9-15(8-7-14(12)3)11(16)10-5-4-6-13-10/h10,13H,4-9H2,1-3H3/t10-/m1/s1. The van der Waals surface area contributed by atoms with E-state index in [0.717, 1.165) is 39.0 Å². The zero-order valence-electron chi connectivity index (χ0n) is 10.6. The number of nitrogens with one attached hydrogen (secondary N) is 1. The molecule has 2 fully saturated rings. The number of carbonyl (C=O) groups is 1. The summed E-state index contributed by atoms with van der Waals surface area (Å²) in [7, 11) is 2.13. The SMILES string of the molecule is CN1CCN(C(=O)[C@H]2CCCN2)CC1(C)C. The predicted octanol–water partition coefficient (Wildman–Crippen LogP) is 0.291.